The predicted octanol–water partition coefficient (Wildman–Crippen LogP) is 14.4. The maximum absolute atomic E-state index is 6.86. The fourth-order valence-electron chi connectivity index (χ4n) is 10.7. The van der Waals surface area contributed by atoms with Gasteiger partial charge in [-0.1, -0.05) is 136 Å². The van der Waals surface area contributed by atoms with Gasteiger partial charge in [-0.15, -0.1) is 0 Å². The fourth-order valence-corrected chi connectivity index (χ4v) is 10.7. The van der Waals surface area contributed by atoms with Gasteiger partial charge in [-0.25, -0.2) is 0 Å². The molecule has 2 aliphatic heterocycles. The molecule has 0 saturated carbocycles. The molecule has 13 rings (SSSR count). The molecule has 9 aromatic carbocycles. The Morgan fingerprint density at radius 1 is 0.424 bits per heavy atom. The van der Waals surface area contributed by atoms with Gasteiger partial charge in [0.1, 0.15) is 11.1 Å². The van der Waals surface area contributed by atoms with E-state index in [-0.39, 0.29) is 12.1 Å². The molecule has 0 saturated heterocycles. The zero-order valence-corrected chi connectivity index (χ0v) is 37.1. The Bertz CT molecular complexity index is 3570. The second-order valence-corrected chi connectivity index (χ2v) is 18.6. The number of nitrogens with zero attached hydrogens (tertiary/aromatic N) is 4. The first-order chi connectivity index (χ1) is 32.4. The van der Waals surface area contributed by atoms with Crippen molar-refractivity contribution in [2.75, 3.05) is 14.7 Å². The molecule has 66 heavy (non-hydrogen) atoms. The van der Waals surface area contributed by atoms with Crippen molar-refractivity contribution in [1.82, 2.24) is 4.57 Å². The molecule has 0 aliphatic carbocycles. The molecule has 0 bridgehead atoms. The van der Waals surface area contributed by atoms with Gasteiger partial charge in [0.2, 0.25) is 0 Å². The minimum absolute atomic E-state index is 0.0691. The highest BCUT2D eigenvalue weighted by atomic mass is 16.3. The lowest BCUT2D eigenvalue weighted by Gasteiger charge is -2.42. The summed E-state index contributed by atoms with van der Waals surface area (Å²) in [6.45, 7) is 6.84. The van der Waals surface area contributed by atoms with E-state index in [1.807, 2.05) is 0 Å². The van der Waals surface area contributed by atoms with Crippen molar-refractivity contribution in [3.05, 3.63) is 224 Å². The summed E-state index contributed by atoms with van der Waals surface area (Å²) in [5, 5.41) is 2.23. The molecular formula is C60H45BN4O. The van der Waals surface area contributed by atoms with E-state index in [1.165, 1.54) is 27.5 Å². The van der Waals surface area contributed by atoms with Crippen molar-refractivity contribution in [1.29, 1.82) is 0 Å². The number of para-hydroxylation sites is 6. The van der Waals surface area contributed by atoms with Crippen LogP contribution in [0.2, 0.25) is 0 Å². The lowest BCUT2D eigenvalue weighted by Crippen LogP contribution is -2.60. The van der Waals surface area contributed by atoms with Crippen LogP contribution in [0.5, 0.6) is 0 Å². The minimum atomic E-state index is -0.0707. The van der Waals surface area contributed by atoms with E-state index in [1.54, 1.807) is 0 Å². The number of furan rings is 1. The van der Waals surface area contributed by atoms with Crippen molar-refractivity contribution in [2.45, 2.75) is 26.2 Å². The van der Waals surface area contributed by atoms with Crippen LogP contribution in [0.25, 0.3) is 38.7 Å². The monoisotopic (exact) mass is 848 g/mol. The molecule has 0 atom stereocenters. The van der Waals surface area contributed by atoms with E-state index in [2.05, 4.69) is 258 Å². The second-order valence-electron chi connectivity index (χ2n) is 18.6. The Hall–Kier alpha value is -8.22. The Kier molecular flexibility index (Phi) is 8.50. The molecule has 314 valence electrons. The van der Waals surface area contributed by atoms with Crippen molar-refractivity contribution < 1.29 is 4.42 Å². The smallest absolute Gasteiger partial charge is 0.252 e. The van der Waals surface area contributed by atoms with Crippen LogP contribution in [0.4, 0.5) is 51.2 Å². The van der Waals surface area contributed by atoms with Gasteiger partial charge in [-0.3, -0.25) is 0 Å². The van der Waals surface area contributed by atoms with E-state index in [0.717, 1.165) is 84.3 Å². The van der Waals surface area contributed by atoms with E-state index < -0.39 is 0 Å². The first-order valence-electron chi connectivity index (χ1n) is 22.9. The fraction of sp³-hybridized carbons (Fsp3) is 0.0667. The summed E-state index contributed by atoms with van der Waals surface area (Å²) in [6, 6.07) is 79.5. The zero-order chi connectivity index (χ0) is 44.1. The largest absolute Gasteiger partial charge is 0.454 e. The van der Waals surface area contributed by atoms with Gasteiger partial charge in [0, 0.05) is 62.0 Å². The van der Waals surface area contributed by atoms with Gasteiger partial charge in [0.15, 0.2) is 5.58 Å². The van der Waals surface area contributed by atoms with Crippen LogP contribution in [0, 0.1) is 0 Å². The highest BCUT2D eigenvalue weighted by molar-refractivity contribution is 7.00. The summed E-state index contributed by atoms with van der Waals surface area (Å²) in [4.78, 5) is 7.33. The Balaban J connectivity index is 1.18. The highest BCUT2D eigenvalue weighted by Gasteiger charge is 2.44. The first-order valence-corrected chi connectivity index (χ1v) is 22.9. The van der Waals surface area contributed by atoms with Crippen molar-refractivity contribution in [3.63, 3.8) is 0 Å². The standard InChI is InChI=1S/C60H45BN4O/c1-60(2,3)40-20-18-29-45(36-40)64-52-37-46(62(41-21-8-4-9-22-41)42-23-10-5-11-24-42)34-35-50(52)61-51-32-19-31-49-57(51)65(58-48-30-16-17-33-55(48)66-59(49)58)54-39-47(38-53(64)56(54)61)63(43-25-12-6-13-26-43)44-27-14-7-15-28-44/h4-39H,1-3H3. The van der Waals surface area contributed by atoms with Gasteiger partial charge in [-0.05, 0) is 130 Å². The third kappa shape index (κ3) is 5.81. The Labute approximate surface area is 385 Å². The van der Waals surface area contributed by atoms with E-state index in [0.29, 0.717) is 0 Å². The van der Waals surface area contributed by atoms with Crippen molar-refractivity contribution in [3.8, 4) is 5.69 Å². The van der Waals surface area contributed by atoms with Crippen LogP contribution in [0.15, 0.2) is 223 Å². The highest BCUT2D eigenvalue weighted by Crippen LogP contribution is 2.48. The molecule has 6 heteroatoms. The van der Waals surface area contributed by atoms with Crippen molar-refractivity contribution in [2.24, 2.45) is 0 Å². The van der Waals surface area contributed by atoms with Gasteiger partial charge >= 0.3 is 0 Å². The van der Waals surface area contributed by atoms with Crippen LogP contribution in [-0.4, -0.2) is 11.3 Å². The average molecular weight is 849 g/mol. The van der Waals surface area contributed by atoms with Crippen LogP contribution in [0.1, 0.15) is 26.3 Å². The minimum Gasteiger partial charge on any atom is -0.454 e. The molecule has 4 heterocycles. The number of fused-ring (bicyclic) bond motifs is 9. The first kappa shape index (κ1) is 38.3. The SMILES string of the molecule is CC(C)(C)c1cccc(N2c3cc(N(c4ccccc4)c4ccccc4)ccc3B3c4c2cc(N(c2ccccc2)c2ccccc2)cc4-n2c4c3cccc4c3oc4ccccc4c32)c1. The van der Waals surface area contributed by atoms with Crippen LogP contribution in [-0.2, 0) is 5.41 Å². The molecular weight excluding hydrogens is 803 g/mol. The molecule has 5 nitrogen and oxygen atoms in total. The van der Waals surface area contributed by atoms with Gasteiger partial charge in [0.05, 0.1) is 11.2 Å². The van der Waals surface area contributed by atoms with Crippen LogP contribution < -0.4 is 31.1 Å². The third-order valence-corrected chi connectivity index (χ3v) is 13.6. The summed E-state index contributed by atoms with van der Waals surface area (Å²) in [5.74, 6) is 0. The number of hydrogen-bond donors (Lipinski definition) is 0. The number of hydrogen-bond acceptors (Lipinski definition) is 4. The zero-order valence-electron chi connectivity index (χ0n) is 37.1. The molecule has 0 amide bonds. The molecule has 2 aromatic heterocycles. The van der Waals surface area contributed by atoms with Crippen LogP contribution >= 0.6 is 0 Å². The van der Waals surface area contributed by atoms with Crippen LogP contribution in [0.3, 0.4) is 0 Å². The summed E-state index contributed by atoms with van der Waals surface area (Å²) in [6.07, 6.45) is 0. The van der Waals surface area contributed by atoms with Gasteiger partial charge in [-0.2, -0.15) is 0 Å². The summed E-state index contributed by atoms with van der Waals surface area (Å²) < 4.78 is 9.38. The summed E-state index contributed by atoms with van der Waals surface area (Å²) in [5.41, 5.74) is 20.2. The lowest BCUT2D eigenvalue weighted by atomic mass is 9.33. The normalized spacial score (nSPS) is 12.7. The topological polar surface area (TPSA) is 27.8 Å². The van der Waals surface area contributed by atoms with E-state index >= 15 is 0 Å². The molecule has 0 fully saturated rings. The Morgan fingerprint density at radius 3 is 1.61 bits per heavy atom. The van der Waals surface area contributed by atoms with Gasteiger partial charge < -0.3 is 23.7 Å². The molecule has 0 unspecified atom stereocenters. The maximum Gasteiger partial charge on any atom is 0.252 e. The van der Waals surface area contributed by atoms with Crippen molar-refractivity contribution >= 4 is 107 Å². The van der Waals surface area contributed by atoms with E-state index in [4.69, 9.17) is 4.42 Å². The van der Waals surface area contributed by atoms with Gasteiger partial charge in [0.25, 0.3) is 6.71 Å². The maximum atomic E-state index is 6.86. The summed E-state index contributed by atoms with van der Waals surface area (Å²) in [7, 11) is 0. The van der Waals surface area contributed by atoms with E-state index in [9.17, 15) is 0 Å². The molecule has 2 aliphatic rings. The number of aromatic nitrogens is 1. The quantitative estimate of drug-likeness (QED) is 0.149. The molecule has 0 radical (unpaired) electrons. The second kappa shape index (κ2) is 14.7. The molecule has 0 N–H and O–H groups in total. The molecule has 0 spiro atoms. The Morgan fingerprint density at radius 2 is 0.970 bits per heavy atom. The third-order valence-electron chi connectivity index (χ3n) is 13.6. The molecule has 11 aromatic rings. The number of rotatable bonds is 7. The predicted molar refractivity (Wildman–Crippen MR) is 278 cm³/mol. The summed E-state index contributed by atoms with van der Waals surface area (Å²) >= 11 is 0. The lowest BCUT2D eigenvalue weighted by molar-refractivity contribution is 0.590. The number of benzene rings is 9. The number of anilines is 9. The average Bonchev–Trinajstić information content (AvgIpc) is 3.90.